The third-order valence-corrected chi connectivity index (χ3v) is 10.3. The van der Waals surface area contributed by atoms with E-state index in [-0.39, 0.29) is 70.7 Å². The fourth-order valence-electron chi connectivity index (χ4n) is 8.19. The first-order valence-electron chi connectivity index (χ1n) is 16.3. The predicted molar refractivity (Wildman–Crippen MR) is 172 cm³/mol. The Hall–Kier alpha value is -4.34. The van der Waals surface area contributed by atoms with Crippen LogP contribution in [-0.4, -0.2) is 88.1 Å². The molecule has 12 heteroatoms. The Balaban J connectivity index is 1.33. The van der Waals surface area contributed by atoms with Crippen molar-refractivity contribution in [2.24, 2.45) is 0 Å². The van der Waals surface area contributed by atoms with Crippen molar-refractivity contribution in [1.82, 2.24) is 25.2 Å². The summed E-state index contributed by atoms with van der Waals surface area (Å²) in [5.74, 6) is 1.31. The molecule has 2 N–H and O–H groups in total. The monoisotopic (exact) mass is 644 g/mol. The number of hydrogen-bond donors (Lipinski definition) is 2. The van der Waals surface area contributed by atoms with Crippen molar-refractivity contribution in [1.29, 1.82) is 0 Å². The summed E-state index contributed by atoms with van der Waals surface area (Å²) in [7, 11) is 0. The molecule has 6 heterocycles. The number of anilines is 1. The van der Waals surface area contributed by atoms with Crippen LogP contribution in [0.5, 0.6) is 17.6 Å². The zero-order chi connectivity index (χ0) is 32.4. The highest BCUT2D eigenvalue weighted by Crippen LogP contribution is 2.45. The molecule has 0 radical (unpaired) electrons. The molecule has 4 aliphatic heterocycles. The predicted octanol–water partition coefficient (Wildman–Crippen LogP) is 5.10. The maximum absolute atomic E-state index is 17.0. The number of phenolic OH excluding ortho intramolecular Hbond substituents is 1. The van der Waals surface area contributed by atoms with Gasteiger partial charge in [-0.25, -0.2) is 18.2 Å². The van der Waals surface area contributed by atoms with Crippen molar-refractivity contribution in [3.8, 4) is 41.2 Å². The van der Waals surface area contributed by atoms with Gasteiger partial charge < -0.3 is 24.8 Å². The molecule has 8 rings (SSSR count). The third-order valence-electron chi connectivity index (χ3n) is 10.3. The zero-order valence-corrected chi connectivity index (χ0v) is 26.0. The normalized spacial score (nSPS) is 25.3. The van der Waals surface area contributed by atoms with E-state index in [1.165, 1.54) is 24.3 Å². The topological polar surface area (TPSA) is 95.9 Å². The molecule has 3 saturated heterocycles. The SMILES string of the molecule is C#Cc1c(F)ccc2cc(O)cc(-c3nc4c5c(nc(OCC67CCCN6CC(F)C7)nc5c3F)N3CCNC(CCC)C3CO4)c12. The zero-order valence-electron chi connectivity index (χ0n) is 26.0. The Morgan fingerprint density at radius 2 is 2.06 bits per heavy atom. The molecule has 47 heavy (non-hydrogen) atoms. The van der Waals surface area contributed by atoms with Gasteiger partial charge in [-0.2, -0.15) is 9.97 Å². The molecule has 0 amide bonds. The Kier molecular flexibility index (Phi) is 7.29. The number of terminal acetylenes is 1. The lowest BCUT2D eigenvalue weighted by Crippen LogP contribution is -2.60. The number of benzene rings is 2. The second kappa shape index (κ2) is 11.4. The number of phenols is 1. The van der Waals surface area contributed by atoms with Gasteiger partial charge in [-0.3, -0.25) is 4.90 Å². The largest absolute Gasteiger partial charge is 0.508 e. The number of ether oxygens (including phenoxy) is 2. The fourth-order valence-corrected chi connectivity index (χ4v) is 8.19. The lowest BCUT2D eigenvalue weighted by molar-refractivity contribution is 0.107. The summed E-state index contributed by atoms with van der Waals surface area (Å²) in [6.45, 7) is 5.00. The molecule has 9 nitrogen and oxygen atoms in total. The molecule has 3 fully saturated rings. The standard InChI is InChI=1S/C35H35F3N6O3/c1-3-6-25-26-17-46-33-28-31(29(38)30(40-33)23-14-21(45)13-19-7-8-24(37)22(4-2)27(19)23)41-34(42-32(28)44(26)12-10-39-25)47-18-35-9-5-11-43(35)16-20(36)15-35/h2,7-8,13-14,20,25-26,39,45H,3,5-6,9-12,15-18H2,1H3. The van der Waals surface area contributed by atoms with Crippen LogP contribution in [0.15, 0.2) is 24.3 Å². The van der Waals surface area contributed by atoms with Crippen molar-refractivity contribution in [2.45, 2.75) is 62.8 Å². The summed E-state index contributed by atoms with van der Waals surface area (Å²) in [5.41, 5.74) is -0.719. The van der Waals surface area contributed by atoms with E-state index in [9.17, 15) is 13.9 Å². The number of aromatic hydroxyl groups is 1. The Morgan fingerprint density at radius 3 is 2.89 bits per heavy atom. The van der Waals surface area contributed by atoms with E-state index < -0.39 is 23.3 Å². The second-order valence-electron chi connectivity index (χ2n) is 13.1. The van der Waals surface area contributed by atoms with Crippen LogP contribution < -0.4 is 19.7 Å². The van der Waals surface area contributed by atoms with Crippen LogP contribution in [0.4, 0.5) is 19.0 Å². The van der Waals surface area contributed by atoms with Gasteiger partial charge in [-0.1, -0.05) is 25.3 Å². The van der Waals surface area contributed by atoms with Crippen LogP contribution in [0, 0.1) is 24.0 Å². The molecular weight excluding hydrogens is 609 g/mol. The second-order valence-corrected chi connectivity index (χ2v) is 13.1. The number of halogens is 3. The maximum atomic E-state index is 17.0. The van der Waals surface area contributed by atoms with Gasteiger partial charge in [-0.15, -0.1) is 6.42 Å². The van der Waals surface area contributed by atoms with Gasteiger partial charge in [-0.05, 0) is 49.4 Å². The Bertz CT molecular complexity index is 1950. The summed E-state index contributed by atoms with van der Waals surface area (Å²) >= 11 is 0. The van der Waals surface area contributed by atoms with Crippen molar-refractivity contribution < 1.29 is 27.8 Å². The molecule has 4 unspecified atom stereocenters. The van der Waals surface area contributed by atoms with Gasteiger partial charge in [0.1, 0.15) is 53.4 Å². The molecule has 0 spiro atoms. The average Bonchev–Trinajstić information content (AvgIpc) is 3.53. The van der Waals surface area contributed by atoms with E-state index in [0.717, 1.165) is 32.2 Å². The highest BCUT2D eigenvalue weighted by Gasteiger charge is 2.49. The van der Waals surface area contributed by atoms with E-state index in [2.05, 4.69) is 37.9 Å². The van der Waals surface area contributed by atoms with Crippen LogP contribution in [0.25, 0.3) is 32.9 Å². The number of nitrogens with one attached hydrogen (secondary N) is 1. The molecule has 2 aromatic heterocycles. The van der Waals surface area contributed by atoms with E-state index in [0.29, 0.717) is 42.6 Å². The summed E-state index contributed by atoms with van der Waals surface area (Å²) in [4.78, 5) is 18.4. The number of alkyl halides is 1. The van der Waals surface area contributed by atoms with Gasteiger partial charge in [0.2, 0.25) is 5.88 Å². The van der Waals surface area contributed by atoms with Crippen LogP contribution in [0.1, 0.15) is 44.6 Å². The van der Waals surface area contributed by atoms with Gasteiger partial charge in [0.15, 0.2) is 5.82 Å². The average molecular weight is 645 g/mol. The molecular formula is C35H35F3N6O3. The number of piperazine rings is 1. The van der Waals surface area contributed by atoms with Crippen LogP contribution in [-0.2, 0) is 0 Å². The Morgan fingerprint density at radius 1 is 1.19 bits per heavy atom. The molecule has 0 bridgehead atoms. The van der Waals surface area contributed by atoms with Gasteiger partial charge in [0.05, 0.1) is 17.1 Å². The lowest BCUT2D eigenvalue weighted by atomic mass is 9.95. The van der Waals surface area contributed by atoms with Crippen molar-refractivity contribution in [3.05, 3.63) is 41.5 Å². The number of nitrogens with zero attached hydrogens (tertiary/aromatic N) is 5. The first kappa shape index (κ1) is 30.0. The van der Waals surface area contributed by atoms with Gasteiger partial charge >= 0.3 is 6.01 Å². The van der Waals surface area contributed by atoms with E-state index in [4.69, 9.17) is 20.9 Å². The van der Waals surface area contributed by atoms with Crippen LogP contribution >= 0.6 is 0 Å². The summed E-state index contributed by atoms with van der Waals surface area (Å²) in [6, 6.07) is 5.36. The summed E-state index contributed by atoms with van der Waals surface area (Å²) in [5, 5.41) is 15.2. The fraction of sp³-hybridized carbons (Fsp3) is 0.457. The molecule has 0 aliphatic carbocycles. The minimum Gasteiger partial charge on any atom is -0.508 e. The lowest BCUT2D eigenvalue weighted by Gasteiger charge is -2.41. The molecule has 0 saturated carbocycles. The molecule has 244 valence electrons. The minimum atomic E-state index is -0.932. The third kappa shape index (κ3) is 4.81. The number of fused-ring (bicyclic) bond motifs is 4. The van der Waals surface area contributed by atoms with E-state index >= 15 is 4.39 Å². The van der Waals surface area contributed by atoms with E-state index in [1.807, 2.05) is 0 Å². The molecule has 2 aromatic carbocycles. The van der Waals surface area contributed by atoms with E-state index in [1.54, 1.807) is 0 Å². The summed E-state index contributed by atoms with van der Waals surface area (Å²) in [6.07, 6.45) is 8.75. The summed E-state index contributed by atoms with van der Waals surface area (Å²) < 4.78 is 59.2. The quantitative estimate of drug-likeness (QED) is 0.278. The molecule has 4 aliphatic rings. The smallest absolute Gasteiger partial charge is 0.319 e. The van der Waals surface area contributed by atoms with Crippen molar-refractivity contribution in [2.75, 3.05) is 44.3 Å². The number of pyridine rings is 1. The Labute approximate surface area is 270 Å². The number of hydrogen-bond acceptors (Lipinski definition) is 9. The van der Waals surface area contributed by atoms with Crippen LogP contribution in [0.2, 0.25) is 0 Å². The highest BCUT2D eigenvalue weighted by molar-refractivity contribution is 6.04. The highest BCUT2D eigenvalue weighted by atomic mass is 19.1. The van der Waals surface area contributed by atoms with Crippen molar-refractivity contribution >= 4 is 27.5 Å². The van der Waals surface area contributed by atoms with Crippen LogP contribution in [0.3, 0.4) is 0 Å². The van der Waals surface area contributed by atoms with Crippen molar-refractivity contribution in [3.63, 3.8) is 0 Å². The van der Waals surface area contributed by atoms with Gasteiger partial charge in [0, 0.05) is 43.0 Å². The minimum absolute atomic E-state index is 0.0274. The molecule has 4 aromatic rings. The first-order chi connectivity index (χ1) is 22.8. The van der Waals surface area contributed by atoms with Gasteiger partial charge in [0.25, 0.3) is 0 Å². The number of aromatic nitrogens is 3. The maximum Gasteiger partial charge on any atom is 0.319 e. The first-order valence-corrected chi connectivity index (χ1v) is 16.3. The molecule has 4 atom stereocenters. The number of rotatable bonds is 6.